The molecule has 0 radical (unpaired) electrons. The fourth-order valence-electron chi connectivity index (χ4n) is 3.26. The van der Waals surface area contributed by atoms with Crippen molar-refractivity contribution in [2.24, 2.45) is 0 Å². The van der Waals surface area contributed by atoms with Gasteiger partial charge in [-0.05, 0) is 50.8 Å². The molecule has 1 aromatic carbocycles. The monoisotopic (exact) mass is 292 g/mol. The Balaban J connectivity index is 2.09. The van der Waals surface area contributed by atoms with Crippen LogP contribution in [0.2, 0.25) is 0 Å². The quantitative estimate of drug-likeness (QED) is 0.808. The first-order valence-electron chi connectivity index (χ1n) is 8.41. The Morgan fingerprint density at radius 1 is 1.19 bits per heavy atom. The summed E-state index contributed by atoms with van der Waals surface area (Å²) < 4.78 is 13.2. The van der Waals surface area contributed by atoms with Crippen LogP contribution in [0.1, 0.15) is 70.9 Å². The molecule has 1 heterocycles. The topological polar surface area (TPSA) is 15.3 Å². The molecule has 1 aromatic rings. The van der Waals surface area contributed by atoms with Gasteiger partial charge in [0.05, 0.1) is 0 Å². The molecule has 3 atom stereocenters. The van der Waals surface area contributed by atoms with Crippen molar-refractivity contribution in [1.29, 1.82) is 0 Å². The Morgan fingerprint density at radius 3 is 2.38 bits per heavy atom. The molecule has 0 aliphatic carbocycles. The molecular formula is C18H29FN2. The second-order valence-electron chi connectivity index (χ2n) is 6.41. The van der Waals surface area contributed by atoms with Crippen LogP contribution in [0.5, 0.6) is 0 Å². The third kappa shape index (κ3) is 4.52. The summed E-state index contributed by atoms with van der Waals surface area (Å²) in [5.41, 5.74) is 4.93. The Hall–Kier alpha value is -0.930. The summed E-state index contributed by atoms with van der Waals surface area (Å²) in [7, 11) is 0. The van der Waals surface area contributed by atoms with E-state index < -0.39 is 0 Å². The Bertz CT molecular complexity index is 408. The van der Waals surface area contributed by atoms with Crippen LogP contribution in [0.25, 0.3) is 0 Å². The third-order valence-corrected chi connectivity index (χ3v) is 4.62. The van der Waals surface area contributed by atoms with Crippen LogP contribution in [-0.2, 0) is 0 Å². The second-order valence-corrected chi connectivity index (χ2v) is 6.41. The summed E-state index contributed by atoms with van der Waals surface area (Å²) in [6.45, 7) is 6.81. The molecule has 2 rings (SSSR count). The predicted molar refractivity (Wildman–Crippen MR) is 86.4 cm³/mol. The summed E-state index contributed by atoms with van der Waals surface area (Å²) in [6, 6.07) is 8.40. The van der Waals surface area contributed by atoms with Gasteiger partial charge in [0, 0.05) is 18.1 Å². The zero-order valence-corrected chi connectivity index (χ0v) is 13.6. The summed E-state index contributed by atoms with van der Waals surface area (Å²) in [4.78, 5) is 0. The maximum atomic E-state index is 13.2. The zero-order valence-electron chi connectivity index (χ0n) is 13.6. The van der Waals surface area contributed by atoms with Gasteiger partial charge >= 0.3 is 0 Å². The van der Waals surface area contributed by atoms with E-state index in [1.165, 1.54) is 37.7 Å². The van der Waals surface area contributed by atoms with Gasteiger partial charge in [-0.3, -0.25) is 0 Å². The lowest BCUT2D eigenvalue weighted by atomic mass is 9.98. The van der Waals surface area contributed by atoms with E-state index in [-0.39, 0.29) is 11.9 Å². The van der Waals surface area contributed by atoms with Crippen LogP contribution in [0.15, 0.2) is 24.3 Å². The highest BCUT2D eigenvalue weighted by molar-refractivity contribution is 5.19. The minimum atomic E-state index is -0.160. The SMILES string of the molecule is CCCCC(NN1C(C)CCCC1C)c1ccc(F)cc1. The highest BCUT2D eigenvalue weighted by Crippen LogP contribution is 2.26. The lowest BCUT2D eigenvalue weighted by Gasteiger charge is -2.41. The molecule has 2 nitrogen and oxygen atoms in total. The minimum absolute atomic E-state index is 0.160. The second kappa shape index (κ2) is 7.90. The van der Waals surface area contributed by atoms with Crippen LogP contribution in [0, 0.1) is 5.82 Å². The molecule has 118 valence electrons. The molecule has 3 heteroatoms. The number of unbranched alkanes of at least 4 members (excludes halogenated alkanes) is 1. The van der Waals surface area contributed by atoms with Crippen molar-refractivity contribution in [3.63, 3.8) is 0 Å². The number of rotatable bonds is 6. The zero-order chi connectivity index (χ0) is 15.2. The molecule has 0 spiro atoms. The number of hydrogen-bond donors (Lipinski definition) is 1. The van der Waals surface area contributed by atoms with Crippen molar-refractivity contribution in [3.05, 3.63) is 35.6 Å². The van der Waals surface area contributed by atoms with Gasteiger partial charge in [-0.1, -0.05) is 38.3 Å². The summed E-state index contributed by atoms with van der Waals surface area (Å²) in [5, 5.41) is 2.42. The van der Waals surface area contributed by atoms with E-state index in [1.807, 2.05) is 12.1 Å². The fourth-order valence-corrected chi connectivity index (χ4v) is 3.26. The summed E-state index contributed by atoms with van der Waals surface area (Å²) in [6.07, 6.45) is 7.29. The first-order valence-corrected chi connectivity index (χ1v) is 8.41. The van der Waals surface area contributed by atoms with Crippen molar-refractivity contribution in [2.45, 2.75) is 77.4 Å². The predicted octanol–water partition coefficient (Wildman–Crippen LogP) is 4.82. The molecule has 3 unspecified atom stereocenters. The molecule has 1 saturated heterocycles. The van der Waals surface area contributed by atoms with E-state index in [1.54, 1.807) is 12.1 Å². The highest BCUT2D eigenvalue weighted by Gasteiger charge is 2.27. The van der Waals surface area contributed by atoms with Crippen molar-refractivity contribution in [2.75, 3.05) is 0 Å². The van der Waals surface area contributed by atoms with Crippen LogP contribution < -0.4 is 5.43 Å². The molecule has 21 heavy (non-hydrogen) atoms. The third-order valence-electron chi connectivity index (χ3n) is 4.62. The lowest BCUT2D eigenvalue weighted by molar-refractivity contribution is 0.0272. The standard InChI is InChI=1S/C18H29FN2/c1-4-5-9-18(16-10-12-17(19)13-11-16)20-21-14(2)7-6-8-15(21)3/h10-15,18,20H,4-9H2,1-3H3. The van der Waals surface area contributed by atoms with Crippen LogP contribution in [0.3, 0.4) is 0 Å². The van der Waals surface area contributed by atoms with E-state index in [2.05, 4.69) is 31.2 Å². The Kier molecular flexibility index (Phi) is 6.19. The maximum Gasteiger partial charge on any atom is 0.123 e. The van der Waals surface area contributed by atoms with Crippen molar-refractivity contribution in [1.82, 2.24) is 10.4 Å². The molecule has 0 amide bonds. The van der Waals surface area contributed by atoms with E-state index in [0.29, 0.717) is 12.1 Å². The number of halogens is 1. The highest BCUT2D eigenvalue weighted by atomic mass is 19.1. The van der Waals surface area contributed by atoms with Crippen LogP contribution in [-0.4, -0.2) is 17.1 Å². The van der Waals surface area contributed by atoms with Gasteiger partial charge in [-0.15, -0.1) is 0 Å². The fraction of sp³-hybridized carbons (Fsp3) is 0.667. The van der Waals surface area contributed by atoms with Crippen molar-refractivity contribution < 1.29 is 4.39 Å². The van der Waals surface area contributed by atoms with E-state index in [9.17, 15) is 4.39 Å². The molecule has 1 aliphatic heterocycles. The molecule has 0 aromatic heterocycles. The van der Waals surface area contributed by atoms with Crippen LogP contribution >= 0.6 is 0 Å². The average molecular weight is 292 g/mol. The minimum Gasteiger partial charge on any atom is -0.247 e. The number of benzene rings is 1. The normalized spacial score (nSPS) is 25.0. The van der Waals surface area contributed by atoms with Gasteiger partial charge in [-0.25, -0.2) is 14.8 Å². The lowest BCUT2D eigenvalue weighted by Crippen LogP contribution is -2.53. The largest absolute Gasteiger partial charge is 0.247 e. The molecule has 1 N–H and O–H groups in total. The van der Waals surface area contributed by atoms with Gasteiger partial charge in [0.1, 0.15) is 5.82 Å². The Labute approximate surface area is 128 Å². The van der Waals surface area contributed by atoms with E-state index >= 15 is 0 Å². The molecular weight excluding hydrogens is 263 g/mol. The van der Waals surface area contributed by atoms with Crippen molar-refractivity contribution in [3.8, 4) is 0 Å². The summed E-state index contributed by atoms with van der Waals surface area (Å²) >= 11 is 0. The van der Waals surface area contributed by atoms with Crippen molar-refractivity contribution >= 4 is 0 Å². The molecule has 0 saturated carbocycles. The first kappa shape index (κ1) is 16.4. The van der Waals surface area contributed by atoms with Gasteiger partial charge in [0.25, 0.3) is 0 Å². The number of hydrogen-bond acceptors (Lipinski definition) is 2. The average Bonchev–Trinajstić information content (AvgIpc) is 2.47. The number of piperidine rings is 1. The van der Waals surface area contributed by atoms with Gasteiger partial charge < -0.3 is 0 Å². The number of nitrogens with zero attached hydrogens (tertiary/aromatic N) is 1. The smallest absolute Gasteiger partial charge is 0.123 e. The van der Waals surface area contributed by atoms with Gasteiger partial charge in [-0.2, -0.15) is 0 Å². The summed E-state index contributed by atoms with van der Waals surface area (Å²) in [5.74, 6) is -0.160. The van der Waals surface area contributed by atoms with Crippen LogP contribution in [0.4, 0.5) is 4.39 Å². The first-order chi connectivity index (χ1) is 10.1. The molecule has 0 bridgehead atoms. The number of hydrazine groups is 1. The van der Waals surface area contributed by atoms with E-state index in [4.69, 9.17) is 0 Å². The number of nitrogens with one attached hydrogen (secondary N) is 1. The molecule has 1 aliphatic rings. The Morgan fingerprint density at radius 2 is 1.81 bits per heavy atom. The maximum absolute atomic E-state index is 13.2. The molecule has 1 fully saturated rings. The van der Waals surface area contributed by atoms with Gasteiger partial charge in [0.15, 0.2) is 0 Å². The van der Waals surface area contributed by atoms with E-state index in [0.717, 1.165) is 6.42 Å². The van der Waals surface area contributed by atoms with Gasteiger partial charge in [0.2, 0.25) is 0 Å².